The highest BCUT2D eigenvalue weighted by molar-refractivity contribution is 5.83. The molecule has 36 heavy (non-hydrogen) atoms. The number of para-hydroxylation sites is 1. The molecule has 9 nitrogen and oxygen atoms in total. The van der Waals surface area contributed by atoms with Crippen molar-refractivity contribution >= 4 is 28.4 Å². The van der Waals surface area contributed by atoms with Gasteiger partial charge in [-0.1, -0.05) is 24.3 Å². The lowest BCUT2D eigenvalue weighted by atomic mass is 9.88. The number of aliphatic hydroxyl groups is 3. The van der Waals surface area contributed by atoms with Crippen molar-refractivity contribution in [1.82, 2.24) is 19.9 Å². The maximum Gasteiger partial charge on any atom is 0.229 e. The minimum atomic E-state index is -1.14. The van der Waals surface area contributed by atoms with Gasteiger partial charge in [0, 0.05) is 35.1 Å². The van der Waals surface area contributed by atoms with Gasteiger partial charge in [-0.15, -0.1) is 0 Å². The van der Waals surface area contributed by atoms with Gasteiger partial charge in [0.05, 0.1) is 34.5 Å². The van der Waals surface area contributed by atoms with Crippen molar-refractivity contribution in [3.8, 4) is 11.3 Å². The zero-order valence-electron chi connectivity index (χ0n) is 20.4. The summed E-state index contributed by atoms with van der Waals surface area (Å²) in [5.41, 5.74) is 2.69. The Morgan fingerprint density at radius 1 is 0.972 bits per heavy atom. The highest BCUT2D eigenvalue weighted by Crippen LogP contribution is 2.37. The maximum atomic E-state index is 10.8. The molecule has 1 aliphatic carbocycles. The van der Waals surface area contributed by atoms with Crippen molar-refractivity contribution in [2.45, 2.75) is 51.0 Å². The van der Waals surface area contributed by atoms with E-state index in [2.05, 4.69) is 20.6 Å². The number of aliphatic hydroxyl groups excluding tert-OH is 2. The number of aromatic nitrogens is 4. The molecule has 186 valence electrons. The van der Waals surface area contributed by atoms with Crippen LogP contribution in [0.2, 0.25) is 0 Å². The molecule has 0 amide bonds. The van der Waals surface area contributed by atoms with E-state index in [0.29, 0.717) is 29.4 Å². The highest BCUT2D eigenvalue weighted by Gasteiger charge is 2.47. The number of nitrogens with zero attached hydrogens (tertiary/aromatic N) is 4. The number of hydrogen-bond acceptors (Lipinski definition) is 9. The lowest BCUT2D eigenvalue weighted by Gasteiger charge is -2.28. The molecule has 1 aliphatic rings. The molecule has 0 unspecified atom stereocenters. The van der Waals surface area contributed by atoms with Crippen molar-refractivity contribution < 1.29 is 15.3 Å². The largest absolute Gasteiger partial charge is 0.390 e. The second-order valence-electron chi connectivity index (χ2n) is 9.88. The standard InChI is InChI=1S/C27H30N6O3/c1-15-12-17(10-11-28-15)30-26-29-14-18(21-9-8-16-6-4-5-7-20(16)31-21)25(33-26)32-22-13-19(27(2,3)36)23(34)24(22)35/h4-12,14,19,22-24,34-36H,13H2,1-3H3,(H2,28,29,30,32,33)/t19-,22-,23-,24+/m1/s1. The number of anilines is 3. The third-order valence-electron chi connectivity index (χ3n) is 6.73. The van der Waals surface area contributed by atoms with Crippen LogP contribution in [-0.4, -0.2) is 59.1 Å². The summed E-state index contributed by atoms with van der Waals surface area (Å²) in [4.78, 5) is 18.2. The summed E-state index contributed by atoms with van der Waals surface area (Å²) in [5, 5.41) is 39.4. The van der Waals surface area contributed by atoms with Gasteiger partial charge >= 0.3 is 0 Å². The van der Waals surface area contributed by atoms with Crippen LogP contribution in [0, 0.1) is 12.8 Å². The molecule has 4 atom stereocenters. The van der Waals surface area contributed by atoms with Crippen LogP contribution in [0.1, 0.15) is 26.0 Å². The first-order chi connectivity index (χ1) is 17.2. The quantitative estimate of drug-likeness (QED) is 0.278. The van der Waals surface area contributed by atoms with E-state index in [9.17, 15) is 15.3 Å². The molecular formula is C27H30N6O3. The number of pyridine rings is 2. The summed E-state index contributed by atoms with van der Waals surface area (Å²) in [5.74, 6) is 0.333. The Morgan fingerprint density at radius 3 is 2.53 bits per heavy atom. The predicted molar refractivity (Wildman–Crippen MR) is 139 cm³/mol. The Hall–Kier alpha value is -3.66. The molecule has 0 spiro atoms. The van der Waals surface area contributed by atoms with Crippen molar-refractivity contribution in [2.24, 2.45) is 5.92 Å². The number of rotatable bonds is 6. The van der Waals surface area contributed by atoms with E-state index in [1.165, 1.54) is 0 Å². The molecule has 0 radical (unpaired) electrons. The normalized spacial score (nSPS) is 22.1. The average Bonchev–Trinajstić information content (AvgIpc) is 3.13. The fraction of sp³-hybridized carbons (Fsp3) is 0.333. The van der Waals surface area contributed by atoms with E-state index >= 15 is 0 Å². The topological polar surface area (TPSA) is 136 Å². The summed E-state index contributed by atoms with van der Waals surface area (Å²) < 4.78 is 0. The molecule has 3 aromatic heterocycles. The number of benzene rings is 1. The fourth-order valence-corrected chi connectivity index (χ4v) is 4.76. The van der Waals surface area contributed by atoms with Gasteiger partial charge in [-0.3, -0.25) is 4.98 Å². The summed E-state index contributed by atoms with van der Waals surface area (Å²) >= 11 is 0. The third-order valence-corrected chi connectivity index (χ3v) is 6.73. The van der Waals surface area contributed by atoms with Crippen LogP contribution in [0.4, 0.5) is 17.5 Å². The van der Waals surface area contributed by atoms with E-state index in [1.54, 1.807) is 26.2 Å². The van der Waals surface area contributed by atoms with Gasteiger partial charge in [0.25, 0.3) is 0 Å². The van der Waals surface area contributed by atoms with Crippen LogP contribution in [0.3, 0.4) is 0 Å². The molecule has 5 N–H and O–H groups in total. The van der Waals surface area contributed by atoms with Crippen molar-refractivity contribution in [3.05, 3.63) is 66.6 Å². The number of fused-ring (bicyclic) bond motifs is 1. The Labute approximate surface area is 209 Å². The van der Waals surface area contributed by atoms with Gasteiger partial charge in [-0.05, 0) is 51.5 Å². The van der Waals surface area contributed by atoms with Gasteiger partial charge in [0.2, 0.25) is 5.95 Å². The monoisotopic (exact) mass is 486 g/mol. The molecule has 0 bridgehead atoms. The SMILES string of the molecule is Cc1cc(Nc2ncc(-c3ccc4ccccc4n3)c(N[C@@H]3C[C@@H](C(C)(C)O)[C@@H](O)[C@H]3O)n2)ccn1. The summed E-state index contributed by atoms with van der Waals surface area (Å²) in [6.07, 6.45) is 1.62. The second kappa shape index (κ2) is 9.42. The second-order valence-corrected chi connectivity index (χ2v) is 9.88. The molecule has 0 saturated heterocycles. The van der Waals surface area contributed by atoms with Gasteiger partial charge < -0.3 is 26.0 Å². The van der Waals surface area contributed by atoms with Crippen molar-refractivity contribution in [3.63, 3.8) is 0 Å². The molecular weight excluding hydrogens is 456 g/mol. The average molecular weight is 487 g/mol. The molecule has 0 aliphatic heterocycles. The van der Waals surface area contributed by atoms with Crippen molar-refractivity contribution in [2.75, 3.05) is 10.6 Å². The van der Waals surface area contributed by atoms with Crippen LogP contribution < -0.4 is 10.6 Å². The number of hydrogen-bond donors (Lipinski definition) is 5. The zero-order valence-corrected chi connectivity index (χ0v) is 20.4. The Bertz CT molecular complexity index is 1390. The molecule has 1 saturated carbocycles. The van der Waals surface area contributed by atoms with Crippen molar-refractivity contribution in [1.29, 1.82) is 0 Å². The van der Waals surface area contributed by atoms with Crippen LogP contribution in [0.5, 0.6) is 0 Å². The number of aryl methyl sites for hydroxylation is 1. The molecule has 5 rings (SSSR count). The predicted octanol–water partition coefficient (Wildman–Crippen LogP) is 3.43. The maximum absolute atomic E-state index is 10.8. The molecule has 4 aromatic rings. The molecule has 9 heteroatoms. The van der Waals surface area contributed by atoms with Crippen LogP contribution >= 0.6 is 0 Å². The first kappa shape index (κ1) is 24.1. The molecule has 3 heterocycles. The zero-order chi connectivity index (χ0) is 25.4. The van der Waals surface area contributed by atoms with Gasteiger partial charge in [-0.25, -0.2) is 9.97 Å². The third kappa shape index (κ3) is 4.86. The lowest BCUT2D eigenvalue weighted by molar-refractivity contribution is -0.0601. The van der Waals surface area contributed by atoms with Crippen LogP contribution in [-0.2, 0) is 0 Å². The fourth-order valence-electron chi connectivity index (χ4n) is 4.76. The summed E-state index contributed by atoms with van der Waals surface area (Å²) in [6.45, 7) is 5.19. The lowest BCUT2D eigenvalue weighted by Crippen LogP contribution is -2.40. The Balaban J connectivity index is 1.53. The van der Waals surface area contributed by atoms with E-state index in [4.69, 9.17) is 9.97 Å². The van der Waals surface area contributed by atoms with E-state index in [0.717, 1.165) is 22.3 Å². The Kier molecular flexibility index (Phi) is 6.29. The van der Waals surface area contributed by atoms with E-state index < -0.39 is 29.8 Å². The van der Waals surface area contributed by atoms with E-state index in [1.807, 2.05) is 55.5 Å². The minimum Gasteiger partial charge on any atom is -0.390 e. The van der Waals surface area contributed by atoms with Gasteiger partial charge in [0.1, 0.15) is 11.9 Å². The molecule has 1 fully saturated rings. The van der Waals surface area contributed by atoms with E-state index in [-0.39, 0.29) is 0 Å². The Morgan fingerprint density at radius 2 is 1.78 bits per heavy atom. The first-order valence-electron chi connectivity index (χ1n) is 12.0. The summed E-state index contributed by atoms with van der Waals surface area (Å²) in [6, 6.07) is 14.9. The van der Waals surface area contributed by atoms with Gasteiger partial charge in [-0.2, -0.15) is 4.98 Å². The van der Waals surface area contributed by atoms with Crippen LogP contribution in [0.15, 0.2) is 60.9 Å². The first-order valence-corrected chi connectivity index (χ1v) is 12.0. The summed E-state index contributed by atoms with van der Waals surface area (Å²) in [7, 11) is 0. The number of nitrogens with one attached hydrogen (secondary N) is 2. The smallest absolute Gasteiger partial charge is 0.229 e. The van der Waals surface area contributed by atoms with Crippen LogP contribution in [0.25, 0.3) is 22.2 Å². The van der Waals surface area contributed by atoms with Gasteiger partial charge in [0.15, 0.2) is 0 Å². The minimum absolute atomic E-state index is 0.361. The molecule has 1 aromatic carbocycles. The highest BCUT2D eigenvalue weighted by atomic mass is 16.3.